The van der Waals surface area contributed by atoms with E-state index in [-0.39, 0.29) is 23.9 Å². The Morgan fingerprint density at radius 1 is 0.971 bits per heavy atom. The maximum Gasteiger partial charge on any atom is 0.487 e. The van der Waals surface area contributed by atoms with Gasteiger partial charge < -0.3 is 13.7 Å². The molecule has 1 fully saturated rings. The van der Waals surface area contributed by atoms with Crippen molar-refractivity contribution in [2.75, 3.05) is 0 Å². The number of unbranched alkanes of at least 4 members (excludes halogenated alkanes) is 1. The summed E-state index contributed by atoms with van der Waals surface area (Å²) in [5.74, 6) is 2.17. The van der Waals surface area contributed by atoms with E-state index in [1.165, 1.54) is 47.7 Å². The van der Waals surface area contributed by atoms with Crippen LogP contribution in [-0.2, 0) is 20.2 Å². The zero-order valence-electron chi connectivity index (χ0n) is 23.8. The molecular formula is C29H51BO3Si. The lowest BCUT2D eigenvalue weighted by atomic mass is 9.83. The van der Waals surface area contributed by atoms with E-state index in [1.807, 2.05) is 0 Å². The van der Waals surface area contributed by atoms with Crippen molar-refractivity contribution < 1.29 is 13.7 Å². The van der Waals surface area contributed by atoms with Gasteiger partial charge in [0.2, 0.25) is 0 Å². The van der Waals surface area contributed by atoms with E-state index < -0.39 is 8.32 Å². The van der Waals surface area contributed by atoms with Gasteiger partial charge in [0.05, 0.1) is 16.8 Å². The Balaban J connectivity index is 1.97. The van der Waals surface area contributed by atoms with Crippen LogP contribution in [0.5, 0.6) is 0 Å². The Morgan fingerprint density at radius 2 is 1.56 bits per heavy atom. The molecule has 1 aliphatic heterocycles. The molecule has 192 valence electrons. The van der Waals surface area contributed by atoms with Crippen LogP contribution in [0.25, 0.3) is 5.57 Å². The van der Waals surface area contributed by atoms with Gasteiger partial charge in [0, 0.05) is 0 Å². The molecule has 0 N–H and O–H groups in total. The molecule has 3 nitrogen and oxygen atoms in total. The molecule has 0 unspecified atom stereocenters. The summed E-state index contributed by atoms with van der Waals surface area (Å²) in [6.45, 7) is 22.2. The standard InChI is InChI=1S/C29H51BO3Si/c1-11-25(23-30-31-28(7,8)29(9,10)32-30)26-20-17-19-24(22-26)18-15-16-21-27(5,6)33-34(12-2,13-3)14-4/h17,19-20,22-23H,11-16,18,21H2,1-10H3/b25-23+. The van der Waals surface area contributed by atoms with Crippen molar-refractivity contribution in [1.29, 1.82) is 0 Å². The van der Waals surface area contributed by atoms with Gasteiger partial charge in [-0.15, -0.1) is 0 Å². The lowest BCUT2D eigenvalue weighted by Gasteiger charge is -2.38. The second-order valence-electron chi connectivity index (χ2n) is 11.7. The maximum absolute atomic E-state index is 6.79. The van der Waals surface area contributed by atoms with Gasteiger partial charge in [0.1, 0.15) is 0 Å². The third-order valence-electron chi connectivity index (χ3n) is 8.21. The highest BCUT2D eigenvalue weighted by Crippen LogP contribution is 2.38. The maximum atomic E-state index is 6.79. The predicted molar refractivity (Wildman–Crippen MR) is 151 cm³/mol. The Bertz CT molecular complexity index is 787. The minimum Gasteiger partial charge on any atom is -0.412 e. The molecule has 1 aromatic carbocycles. The zero-order chi connectivity index (χ0) is 25.6. The molecule has 34 heavy (non-hydrogen) atoms. The number of benzene rings is 1. The first-order valence-corrected chi connectivity index (χ1v) is 16.2. The van der Waals surface area contributed by atoms with Crippen molar-refractivity contribution in [3.8, 4) is 0 Å². The molecule has 0 spiro atoms. The first kappa shape index (κ1) is 29.4. The van der Waals surface area contributed by atoms with Crippen LogP contribution in [0.2, 0.25) is 18.1 Å². The molecule has 1 aliphatic rings. The van der Waals surface area contributed by atoms with Crippen LogP contribution in [0.1, 0.15) is 106 Å². The topological polar surface area (TPSA) is 27.7 Å². The fourth-order valence-corrected chi connectivity index (χ4v) is 8.16. The summed E-state index contributed by atoms with van der Waals surface area (Å²) in [4.78, 5) is 0. The highest BCUT2D eigenvalue weighted by atomic mass is 28.4. The molecule has 1 aromatic rings. The molecule has 0 aromatic heterocycles. The van der Waals surface area contributed by atoms with Crippen molar-refractivity contribution in [1.82, 2.24) is 0 Å². The molecule has 2 rings (SSSR count). The lowest BCUT2D eigenvalue weighted by Crippen LogP contribution is -2.44. The van der Waals surface area contributed by atoms with Crippen molar-refractivity contribution in [3.63, 3.8) is 0 Å². The summed E-state index contributed by atoms with van der Waals surface area (Å²) < 4.78 is 19.2. The van der Waals surface area contributed by atoms with Crippen molar-refractivity contribution in [2.24, 2.45) is 0 Å². The number of hydrogen-bond donors (Lipinski definition) is 0. The first-order chi connectivity index (χ1) is 15.8. The summed E-state index contributed by atoms with van der Waals surface area (Å²) in [6, 6.07) is 12.7. The van der Waals surface area contributed by atoms with E-state index in [1.54, 1.807) is 0 Å². The largest absolute Gasteiger partial charge is 0.487 e. The highest BCUT2D eigenvalue weighted by Gasteiger charge is 2.50. The Morgan fingerprint density at radius 3 is 2.09 bits per heavy atom. The number of hydrogen-bond acceptors (Lipinski definition) is 3. The molecular weight excluding hydrogens is 435 g/mol. The minimum atomic E-state index is -1.56. The molecule has 1 heterocycles. The molecule has 5 heteroatoms. The molecule has 0 atom stereocenters. The number of aryl methyl sites for hydroxylation is 1. The van der Waals surface area contributed by atoms with E-state index in [2.05, 4.69) is 99.5 Å². The van der Waals surface area contributed by atoms with E-state index >= 15 is 0 Å². The van der Waals surface area contributed by atoms with Gasteiger partial charge in [0.15, 0.2) is 8.32 Å². The summed E-state index contributed by atoms with van der Waals surface area (Å²) in [6.07, 6.45) is 5.58. The summed E-state index contributed by atoms with van der Waals surface area (Å²) in [7, 11) is -1.86. The zero-order valence-corrected chi connectivity index (χ0v) is 24.8. The molecule has 1 saturated heterocycles. The quantitative estimate of drug-likeness (QED) is 0.206. The molecule has 0 aliphatic carbocycles. The lowest BCUT2D eigenvalue weighted by molar-refractivity contribution is 0.00578. The predicted octanol–water partition coefficient (Wildman–Crippen LogP) is 8.62. The Labute approximate surface area is 212 Å². The van der Waals surface area contributed by atoms with Crippen LogP contribution in [0, 0.1) is 0 Å². The summed E-state index contributed by atoms with van der Waals surface area (Å²) >= 11 is 0. The summed E-state index contributed by atoms with van der Waals surface area (Å²) in [5, 5.41) is 0. The van der Waals surface area contributed by atoms with E-state index in [0.717, 1.165) is 19.3 Å². The molecule has 0 radical (unpaired) electrons. The van der Waals surface area contributed by atoms with Crippen LogP contribution < -0.4 is 0 Å². The number of allylic oxidation sites excluding steroid dienone is 1. The van der Waals surface area contributed by atoms with Crippen LogP contribution in [0.4, 0.5) is 0 Å². The van der Waals surface area contributed by atoms with Crippen LogP contribution in [0.15, 0.2) is 30.2 Å². The van der Waals surface area contributed by atoms with Gasteiger partial charge in [-0.2, -0.15) is 0 Å². The van der Waals surface area contributed by atoms with Gasteiger partial charge in [-0.25, -0.2) is 0 Å². The van der Waals surface area contributed by atoms with Crippen molar-refractivity contribution in [3.05, 3.63) is 41.4 Å². The second kappa shape index (κ2) is 11.9. The van der Waals surface area contributed by atoms with Crippen LogP contribution in [-0.4, -0.2) is 32.2 Å². The van der Waals surface area contributed by atoms with Gasteiger partial charge in [-0.1, -0.05) is 64.4 Å². The smallest absolute Gasteiger partial charge is 0.412 e. The number of rotatable bonds is 13. The summed E-state index contributed by atoms with van der Waals surface area (Å²) in [5.41, 5.74) is 3.35. The molecule has 0 bridgehead atoms. The molecule has 0 saturated carbocycles. The normalized spacial score (nSPS) is 18.5. The molecule has 0 amide bonds. The fraction of sp³-hybridized carbons (Fsp3) is 0.724. The van der Waals surface area contributed by atoms with Gasteiger partial charge in [0.25, 0.3) is 0 Å². The van der Waals surface area contributed by atoms with E-state index in [9.17, 15) is 0 Å². The second-order valence-corrected chi connectivity index (χ2v) is 16.4. The van der Waals surface area contributed by atoms with E-state index in [0.29, 0.717) is 0 Å². The average Bonchev–Trinajstić information content (AvgIpc) is 2.99. The van der Waals surface area contributed by atoms with Crippen molar-refractivity contribution in [2.45, 2.75) is 136 Å². The first-order valence-electron chi connectivity index (χ1n) is 13.7. The third kappa shape index (κ3) is 7.56. The Hall–Kier alpha value is -0.878. The minimum absolute atomic E-state index is 0.0168. The fourth-order valence-electron chi connectivity index (χ4n) is 4.95. The average molecular weight is 487 g/mol. The van der Waals surface area contributed by atoms with E-state index in [4.69, 9.17) is 13.7 Å². The van der Waals surface area contributed by atoms with Gasteiger partial charge in [-0.05, 0) is 102 Å². The SMILES string of the molecule is CC/C(=C\B1OC(C)(C)C(C)(C)O1)c1cccc(CCCCC(C)(C)O[Si](CC)(CC)CC)c1. The van der Waals surface area contributed by atoms with Gasteiger partial charge in [-0.3, -0.25) is 0 Å². The Kier molecular flexibility index (Phi) is 10.3. The van der Waals surface area contributed by atoms with Crippen LogP contribution >= 0.6 is 0 Å². The van der Waals surface area contributed by atoms with Gasteiger partial charge >= 0.3 is 7.12 Å². The highest BCUT2D eigenvalue weighted by molar-refractivity contribution is 6.73. The third-order valence-corrected chi connectivity index (χ3v) is 13.1. The van der Waals surface area contributed by atoms with Crippen molar-refractivity contribution >= 4 is 21.0 Å². The monoisotopic (exact) mass is 486 g/mol. The van der Waals surface area contributed by atoms with Crippen LogP contribution in [0.3, 0.4) is 0 Å².